The number of nitrogens with zero attached hydrogens (tertiary/aromatic N) is 4. The molecule has 2 aliphatic rings. The van der Waals surface area contributed by atoms with E-state index in [0.29, 0.717) is 6.04 Å². The van der Waals surface area contributed by atoms with E-state index in [-0.39, 0.29) is 0 Å². The standard InChI is InChI=1S/C13H15N5/c1-2-9(1)11-5-8-15-13-16-12(17-18(11)13)10-3-6-14-7-4-10/h3-4,6-7,9,11H,1-2,5,8H2,(H,15,16,17). The number of hydrogen-bond acceptors (Lipinski definition) is 4. The Morgan fingerprint density at radius 3 is 2.78 bits per heavy atom. The molecule has 1 unspecified atom stereocenters. The second kappa shape index (κ2) is 3.80. The topological polar surface area (TPSA) is 55.6 Å². The fourth-order valence-electron chi connectivity index (χ4n) is 2.67. The molecule has 5 nitrogen and oxygen atoms in total. The first-order valence-corrected chi connectivity index (χ1v) is 6.52. The Labute approximate surface area is 105 Å². The Balaban J connectivity index is 1.75. The lowest BCUT2D eigenvalue weighted by Crippen LogP contribution is -2.25. The molecule has 4 rings (SSSR count). The summed E-state index contributed by atoms with van der Waals surface area (Å²) in [4.78, 5) is 8.62. The molecule has 1 aliphatic heterocycles. The third-order valence-electron chi connectivity index (χ3n) is 3.77. The van der Waals surface area contributed by atoms with Gasteiger partial charge in [0, 0.05) is 24.5 Å². The molecule has 0 aromatic carbocycles. The summed E-state index contributed by atoms with van der Waals surface area (Å²) in [5, 5.41) is 8.02. The zero-order valence-corrected chi connectivity index (χ0v) is 10.1. The SMILES string of the molecule is c1cc(-c2nc3n(n2)C(C2CC2)CCN3)ccn1. The van der Waals surface area contributed by atoms with Crippen LogP contribution >= 0.6 is 0 Å². The first kappa shape index (κ1) is 10.1. The van der Waals surface area contributed by atoms with E-state index in [0.717, 1.165) is 36.2 Å². The molecule has 1 N–H and O–H groups in total. The molecule has 0 spiro atoms. The van der Waals surface area contributed by atoms with Gasteiger partial charge in [-0.2, -0.15) is 4.98 Å². The number of rotatable bonds is 2. The molecule has 18 heavy (non-hydrogen) atoms. The molecule has 1 saturated carbocycles. The molecule has 0 bridgehead atoms. The van der Waals surface area contributed by atoms with Crippen LogP contribution in [0.3, 0.4) is 0 Å². The van der Waals surface area contributed by atoms with Crippen LogP contribution in [0.25, 0.3) is 11.4 Å². The van der Waals surface area contributed by atoms with E-state index in [1.807, 2.05) is 12.1 Å². The van der Waals surface area contributed by atoms with E-state index >= 15 is 0 Å². The fourth-order valence-corrected chi connectivity index (χ4v) is 2.67. The lowest BCUT2D eigenvalue weighted by atomic mass is 10.1. The third-order valence-corrected chi connectivity index (χ3v) is 3.77. The number of anilines is 1. The van der Waals surface area contributed by atoms with Gasteiger partial charge in [0.1, 0.15) is 0 Å². The number of aromatic nitrogens is 4. The normalized spacial score (nSPS) is 22.3. The smallest absolute Gasteiger partial charge is 0.221 e. The van der Waals surface area contributed by atoms with E-state index in [1.54, 1.807) is 12.4 Å². The molecule has 1 aliphatic carbocycles. The summed E-state index contributed by atoms with van der Waals surface area (Å²) < 4.78 is 2.09. The first-order valence-electron chi connectivity index (χ1n) is 6.52. The van der Waals surface area contributed by atoms with Crippen LogP contribution in [0.15, 0.2) is 24.5 Å². The highest BCUT2D eigenvalue weighted by Gasteiger charge is 2.36. The van der Waals surface area contributed by atoms with Gasteiger partial charge in [0.25, 0.3) is 0 Å². The molecule has 0 saturated heterocycles. The fraction of sp³-hybridized carbons (Fsp3) is 0.462. The van der Waals surface area contributed by atoms with Gasteiger partial charge in [-0.25, -0.2) is 4.68 Å². The molecule has 1 atom stereocenters. The minimum absolute atomic E-state index is 0.546. The van der Waals surface area contributed by atoms with Crippen molar-refractivity contribution in [3.05, 3.63) is 24.5 Å². The highest BCUT2D eigenvalue weighted by atomic mass is 15.4. The summed E-state index contributed by atoms with van der Waals surface area (Å²) in [5.41, 5.74) is 1.03. The maximum Gasteiger partial charge on any atom is 0.221 e. The number of hydrogen-bond donors (Lipinski definition) is 1. The van der Waals surface area contributed by atoms with Crippen molar-refractivity contribution in [2.45, 2.75) is 25.3 Å². The van der Waals surface area contributed by atoms with Crippen molar-refractivity contribution >= 4 is 5.95 Å². The molecule has 92 valence electrons. The summed E-state index contributed by atoms with van der Waals surface area (Å²) in [6, 6.07) is 4.45. The van der Waals surface area contributed by atoms with Crippen molar-refractivity contribution in [3.63, 3.8) is 0 Å². The van der Waals surface area contributed by atoms with Gasteiger partial charge in [-0.15, -0.1) is 5.10 Å². The van der Waals surface area contributed by atoms with E-state index in [4.69, 9.17) is 0 Å². The largest absolute Gasteiger partial charge is 0.354 e. The molecule has 0 radical (unpaired) electrons. The van der Waals surface area contributed by atoms with Crippen LogP contribution in [-0.2, 0) is 0 Å². The first-order chi connectivity index (χ1) is 8.92. The van der Waals surface area contributed by atoms with Gasteiger partial charge in [-0.05, 0) is 37.3 Å². The second-order valence-corrected chi connectivity index (χ2v) is 5.06. The lowest BCUT2D eigenvalue weighted by Gasteiger charge is -2.23. The van der Waals surface area contributed by atoms with E-state index in [2.05, 4.69) is 25.1 Å². The van der Waals surface area contributed by atoms with Gasteiger partial charge in [0.05, 0.1) is 6.04 Å². The Morgan fingerprint density at radius 1 is 1.17 bits per heavy atom. The highest BCUT2D eigenvalue weighted by Crippen LogP contribution is 2.43. The minimum atomic E-state index is 0.546. The van der Waals surface area contributed by atoms with Crippen LogP contribution in [0.5, 0.6) is 0 Å². The Hall–Kier alpha value is -1.91. The Kier molecular flexibility index (Phi) is 2.12. The average molecular weight is 241 g/mol. The summed E-state index contributed by atoms with van der Waals surface area (Å²) in [7, 11) is 0. The maximum atomic E-state index is 4.68. The summed E-state index contributed by atoms with van der Waals surface area (Å²) in [5.74, 6) is 2.54. The number of fused-ring (bicyclic) bond motifs is 1. The molecule has 2 aromatic heterocycles. The van der Waals surface area contributed by atoms with Crippen LogP contribution in [0, 0.1) is 5.92 Å². The van der Waals surface area contributed by atoms with Gasteiger partial charge in [-0.1, -0.05) is 0 Å². The van der Waals surface area contributed by atoms with Crippen LogP contribution in [0.4, 0.5) is 5.95 Å². The molecule has 0 amide bonds. The summed E-state index contributed by atoms with van der Waals surface area (Å²) in [6.45, 7) is 1.01. The van der Waals surface area contributed by atoms with E-state index in [9.17, 15) is 0 Å². The van der Waals surface area contributed by atoms with E-state index in [1.165, 1.54) is 12.8 Å². The van der Waals surface area contributed by atoms with Crippen molar-refractivity contribution in [1.29, 1.82) is 0 Å². The van der Waals surface area contributed by atoms with Crippen molar-refractivity contribution in [1.82, 2.24) is 19.7 Å². The average Bonchev–Trinajstić information content (AvgIpc) is 3.17. The van der Waals surface area contributed by atoms with Gasteiger partial charge in [0.2, 0.25) is 5.95 Å². The Morgan fingerprint density at radius 2 is 2.00 bits per heavy atom. The third kappa shape index (κ3) is 1.58. The van der Waals surface area contributed by atoms with Gasteiger partial charge in [0.15, 0.2) is 5.82 Å². The van der Waals surface area contributed by atoms with Crippen LogP contribution in [-0.4, -0.2) is 26.3 Å². The van der Waals surface area contributed by atoms with Crippen molar-refractivity contribution < 1.29 is 0 Å². The summed E-state index contributed by atoms with van der Waals surface area (Å²) >= 11 is 0. The van der Waals surface area contributed by atoms with Crippen LogP contribution in [0.1, 0.15) is 25.3 Å². The zero-order valence-electron chi connectivity index (χ0n) is 10.1. The number of nitrogens with one attached hydrogen (secondary N) is 1. The van der Waals surface area contributed by atoms with Crippen molar-refractivity contribution in [2.75, 3.05) is 11.9 Å². The van der Waals surface area contributed by atoms with Crippen LogP contribution < -0.4 is 5.32 Å². The molecule has 2 aromatic rings. The highest BCUT2D eigenvalue weighted by molar-refractivity contribution is 5.55. The monoisotopic (exact) mass is 241 g/mol. The zero-order chi connectivity index (χ0) is 11.9. The van der Waals surface area contributed by atoms with Gasteiger partial charge in [-0.3, -0.25) is 4.98 Å². The predicted molar refractivity (Wildman–Crippen MR) is 68.1 cm³/mol. The minimum Gasteiger partial charge on any atom is -0.354 e. The summed E-state index contributed by atoms with van der Waals surface area (Å²) in [6.07, 6.45) is 7.40. The molecule has 1 fully saturated rings. The quantitative estimate of drug-likeness (QED) is 0.874. The van der Waals surface area contributed by atoms with E-state index < -0.39 is 0 Å². The van der Waals surface area contributed by atoms with Gasteiger partial charge >= 0.3 is 0 Å². The lowest BCUT2D eigenvalue weighted by molar-refractivity contribution is 0.375. The van der Waals surface area contributed by atoms with Crippen molar-refractivity contribution in [3.8, 4) is 11.4 Å². The molecular weight excluding hydrogens is 226 g/mol. The molecule has 5 heteroatoms. The van der Waals surface area contributed by atoms with Gasteiger partial charge < -0.3 is 5.32 Å². The van der Waals surface area contributed by atoms with Crippen LogP contribution in [0.2, 0.25) is 0 Å². The second-order valence-electron chi connectivity index (χ2n) is 5.06. The number of pyridine rings is 1. The Bertz CT molecular complexity index is 558. The predicted octanol–water partition coefficient (Wildman–Crippen LogP) is 2.11. The molecular formula is C13H15N5. The molecule has 3 heterocycles. The maximum absolute atomic E-state index is 4.68. The van der Waals surface area contributed by atoms with Crippen molar-refractivity contribution in [2.24, 2.45) is 5.92 Å².